The minimum Gasteiger partial charge on any atom is -1.00 e. The molecule has 0 fully saturated rings. The monoisotopic (exact) mass is 610 g/mol. The van der Waals surface area contributed by atoms with Gasteiger partial charge in [-0.1, -0.05) is 84.5 Å². The zero-order valence-corrected chi connectivity index (χ0v) is 24.8. The molecule has 0 aliphatic carbocycles. The van der Waals surface area contributed by atoms with Gasteiger partial charge in [-0.15, -0.1) is 6.58 Å². The van der Waals surface area contributed by atoms with E-state index in [1.807, 2.05) is 6.08 Å². The Hall–Kier alpha value is -2.00. The predicted molar refractivity (Wildman–Crippen MR) is 157 cm³/mol. The Morgan fingerprint density at radius 3 is 1.81 bits per heavy atom. The minimum atomic E-state index is -1.72. The van der Waals surface area contributed by atoms with E-state index in [9.17, 15) is 0 Å². The highest BCUT2D eigenvalue weighted by molar-refractivity contribution is 7.95. The van der Waals surface area contributed by atoms with Crippen LogP contribution in [0.3, 0.4) is 0 Å². The van der Waals surface area contributed by atoms with Crippen molar-refractivity contribution in [3.8, 4) is 0 Å². The molecule has 0 saturated carbocycles. The van der Waals surface area contributed by atoms with E-state index in [1.54, 1.807) is 7.11 Å². The third-order valence-electron chi connectivity index (χ3n) is 6.60. The maximum atomic E-state index is 5.53. The van der Waals surface area contributed by atoms with Gasteiger partial charge in [-0.05, 0) is 75.4 Å². The van der Waals surface area contributed by atoms with Crippen LogP contribution in [-0.2, 0) is 4.74 Å². The van der Waals surface area contributed by atoms with Gasteiger partial charge in [0.05, 0.1) is 12.3 Å². The fourth-order valence-electron chi connectivity index (χ4n) is 4.65. The van der Waals surface area contributed by atoms with Crippen LogP contribution in [0.2, 0.25) is 0 Å². The standard InChI is InChI=1S/C33H40OP.HI/c1-4-18-30(34-3)27-26-29(2)19-10-5-6-17-28-35(31-20-11-7-12-21-31,32-22-13-8-14-23-32)33-24-15-9-16-25-33;/h4-5,7-16,19-25,30H,1,6,17-18,26-28H2,2-3H3;1H/q+1;/p-1/b10-5+,29-19+;/t30-;/m0./s1. The van der Waals surface area contributed by atoms with E-state index >= 15 is 0 Å². The first kappa shape index (κ1) is 30.2. The Bertz CT molecular complexity index is 964. The molecule has 3 aromatic carbocycles. The van der Waals surface area contributed by atoms with Crippen molar-refractivity contribution in [3.63, 3.8) is 0 Å². The number of allylic oxidation sites excluding steroid dienone is 4. The molecule has 190 valence electrons. The van der Waals surface area contributed by atoms with Crippen LogP contribution in [0.1, 0.15) is 39.0 Å². The molecular weight excluding hydrogens is 570 g/mol. The summed E-state index contributed by atoms with van der Waals surface area (Å²) < 4.78 is 5.53. The van der Waals surface area contributed by atoms with Gasteiger partial charge in [0.2, 0.25) is 0 Å². The van der Waals surface area contributed by atoms with E-state index in [0.29, 0.717) is 0 Å². The Morgan fingerprint density at radius 2 is 1.36 bits per heavy atom. The van der Waals surface area contributed by atoms with Crippen molar-refractivity contribution >= 4 is 23.2 Å². The van der Waals surface area contributed by atoms with Gasteiger partial charge in [0.1, 0.15) is 23.2 Å². The topological polar surface area (TPSA) is 9.23 Å². The molecule has 0 unspecified atom stereocenters. The summed E-state index contributed by atoms with van der Waals surface area (Å²) in [6.07, 6.45) is 15.4. The highest BCUT2D eigenvalue weighted by atomic mass is 127. The van der Waals surface area contributed by atoms with E-state index in [2.05, 4.69) is 123 Å². The van der Waals surface area contributed by atoms with E-state index in [4.69, 9.17) is 4.74 Å². The molecule has 1 nitrogen and oxygen atoms in total. The largest absolute Gasteiger partial charge is 1.00 e. The van der Waals surface area contributed by atoms with Gasteiger partial charge >= 0.3 is 0 Å². The van der Waals surface area contributed by atoms with Crippen LogP contribution >= 0.6 is 7.26 Å². The number of benzene rings is 3. The van der Waals surface area contributed by atoms with E-state index in [-0.39, 0.29) is 30.1 Å². The van der Waals surface area contributed by atoms with Crippen molar-refractivity contribution in [2.75, 3.05) is 13.3 Å². The minimum absolute atomic E-state index is 0. The molecule has 0 saturated heterocycles. The number of methoxy groups -OCH3 is 1. The van der Waals surface area contributed by atoms with Crippen molar-refractivity contribution in [1.29, 1.82) is 0 Å². The summed E-state index contributed by atoms with van der Waals surface area (Å²) in [7, 11) is 0.0636. The molecule has 0 bridgehead atoms. The molecule has 36 heavy (non-hydrogen) atoms. The zero-order chi connectivity index (χ0) is 24.8. The molecule has 0 radical (unpaired) electrons. The van der Waals surface area contributed by atoms with Gasteiger partial charge < -0.3 is 28.7 Å². The van der Waals surface area contributed by atoms with Crippen LogP contribution in [0, 0.1) is 0 Å². The van der Waals surface area contributed by atoms with Crippen molar-refractivity contribution in [2.24, 2.45) is 0 Å². The molecule has 0 heterocycles. The molecule has 0 aliphatic heterocycles. The lowest BCUT2D eigenvalue weighted by atomic mass is 10.1. The second-order valence-corrected chi connectivity index (χ2v) is 12.7. The van der Waals surface area contributed by atoms with E-state index in [1.165, 1.54) is 21.5 Å². The summed E-state index contributed by atoms with van der Waals surface area (Å²) >= 11 is 0. The summed E-state index contributed by atoms with van der Waals surface area (Å²) in [6, 6.07) is 33.5. The first-order valence-corrected chi connectivity index (χ1v) is 14.7. The smallest absolute Gasteiger partial charge is 0.112 e. The maximum absolute atomic E-state index is 5.53. The van der Waals surface area contributed by atoms with Crippen LogP contribution in [0.15, 0.2) is 127 Å². The third kappa shape index (κ3) is 8.54. The van der Waals surface area contributed by atoms with Crippen LogP contribution in [0.5, 0.6) is 0 Å². The summed E-state index contributed by atoms with van der Waals surface area (Å²) in [6.45, 7) is 6.04. The Labute approximate surface area is 236 Å². The molecular formula is C33H40IOP. The third-order valence-corrected chi connectivity index (χ3v) is 11.1. The summed E-state index contributed by atoms with van der Waals surface area (Å²) in [5.41, 5.74) is 1.40. The summed E-state index contributed by atoms with van der Waals surface area (Å²) in [4.78, 5) is 0. The number of hydrogen-bond acceptors (Lipinski definition) is 1. The molecule has 0 aromatic heterocycles. The summed E-state index contributed by atoms with van der Waals surface area (Å²) in [5.74, 6) is 0. The van der Waals surface area contributed by atoms with Crippen LogP contribution in [0.4, 0.5) is 0 Å². The number of unbranched alkanes of at least 4 members (excludes halogenated alkanes) is 1. The average molecular weight is 611 g/mol. The van der Waals surface area contributed by atoms with Gasteiger partial charge in [0.25, 0.3) is 0 Å². The van der Waals surface area contributed by atoms with Crippen molar-refractivity contribution in [1.82, 2.24) is 0 Å². The fraction of sp³-hybridized carbons (Fsp3) is 0.273. The molecule has 3 rings (SSSR count). The first-order valence-electron chi connectivity index (χ1n) is 12.7. The quantitative estimate of drug-likeness (QED) is 0.0851. The van der Waals surface area contributed by atoms with Gasteiger partial charge in [-0.2, -0.15) is 0 Å². The van der Waals surface area contributed by atoms with Crippen LogP contribution in [0.25, 0.3) is 0 Å². The highest BCUT2D eigenvalue weighted by Crippen LogP contribution is 2.55. The molecule has 3 heteroatoms. The Morgan fingerprint density at radius 1 is 0.861 bits per heavy atom. The van der Waals surface area contributed by atoms with Gasteiger partial charge in [0.15, 0.2) is 0 Å². The molecule has 3 aromatic rings. The lowest BCUT2D eigenvalue weighted by molar-refractivity contribution is -0.00000814. The Balaban J connectivity index is 0.00000456. The van der Waals surface area contributed by atoms with Gasteiger partial charge in [-0.25, -0.2) is 0 Å². The average Bonchev–Trinajstić information content (AvgIpc) is 2.92. The summed E-state index contributed by atoms with van der Waals surface area (Å²) in [5, 5.41) is 4.39. The molecule has 0 aliphatic rings. The predicted octanol–water partition coefficient (Wildman–Crippen LogP) is 4.64. The molecule has 1 atom stereocenters. The van der Waals surface area contributed by atoms with Gasteiger partial charge in [-0.3, -0.25) is 0 Å². The lowest BCUT2D eigenvalue weighted by Crippen LogP contribution is -3.00. The second kappa shape index (κ2) is 16.7. The van der Waals surface area contributed by atoms with Crippen molar-refractivity contribution in [3.05, 3.63) is 127 Å². The number of ether oxygens (including phenoxy) is 1. The zero-order valence-electron chi connectivity index (χ0n) is 21.7. The second-order valence-electron chi connectivity index (χ2n) is 9.04. The van der Waals surface area contributed by atoms with E-state index < -0.39 is 7.26 Å². The van der Waals surface area contributed by atoms with Crippen LogP contribution in [-0.4, -0.2) is 19.4 Å². The number of rotatable bonds is 14. The van der Waals surface area contributed by atoms with E-state index in [0.717, 1.165) is 38.3 Å². The number of hydrogen-bond donors (Lipinski definition) is 0. The van der Waals surface area contributed by atoms with Crippen molar-refractivity contribution < 1.29 is 28.7 Å². The fourth-order valence-corrected chi connectivity index (χ4v) is 9.02. The normalized spacial score (nSPS) is 12.8. The maximum Gasteiger partial charge on any atom is 0.112 e. The Kier molecular flexibility index (Phi) is 14.0. The molecule has 0 spiro atoms. The lowest BCUT2D eigenvalue weighted by Gasteiger charge is -2.27. The van der Waals surface area contributed by atoms with Crippen LogP contribution < -0.4 is 39.9 Å². The number of halogens is 1. The molecule has 0 amide bonds. The van der Waals surface area contributed by atoms with Gasteiger partial charge in [0, 0.05) is 7.11 Å². The molecule has 0 N–H and O–H groups in total. The highest BCUT2D eigenvalue weighted by Gasteiger charge is 2.44. The first-order chi connectivity index (χ1) is 17.2. The SMILES string of the molecule is C=CC[C@@H](CC/C(C)=C/C=C/CCC[P+](c1ccccc1)(c1ccccc1)c1ccccc1)OC.[I-]. The van der Waals surface area contributed by atoms with Crippen molar-refractivity contribution in [2.45, 2.75) is 45.1 Å².